The highest BCUT2D eigenvalue weighted by atomic mass is 32.2. The Bertz CT molecular complexity index is 1990. The number of thioether (sulfide) groups is 1. The van der Waals surface area contributed by atoms with Gasteiger partial charge in [-0.1, -0.05) is 97.5 Å². The van der Waals surface area contributed by atoms with Crippen molar-refractivity contribution in [3.63, 3.8) is 0 Å². The molecule has 4 atom stereocenters. The smallest absolute Gasteiger partial charge is 0.271 e. The second-order valence-electron chi connectivity index (χ2n) is 11.5. The molecule has 48 heavy (non-hydrogen) atoms. The summed E-state index contributed by atoms with van der Waals surface area (Å²) in [6.07, 6.45) is 0.411. The lowest BCUT2D eigenvalue weighted by atomic mass is 9.91. The van der Waals surface area contributed by atoms with E-state index in [1.165, 1.54) is 18.0 Å². The predicted molar refractivity (Wildman–Crippen MR) is 180 cm³/mol. The molecular formula is C36H33N7O4S. The summed E-state index contributed by atoms with van der Waals surface area (Å²) in [4.78, 5) is 21.6. The highest BCUT2D eigenvalue weighted by molar-refractivity contribution is 7.99. The van der Waals surface area contributed by atoms with Gasteiger partial charge in [0.1, 0.15) is 5.69 Å². The maximum atomic E-state index is 12.8. The van der Waals surface area contributed by atoms with Gasteiger partial charge in [0.05, 0.1) is 41.7 Å². The Labute approximate surface area is 281 Å². The summed E-state index contributed by atoms with van der Waals surface area (Å²) in [7, 11) is 0. The van der Waals surface area contributed by atoms with E-state index in [2.05, 4.69) is 37.7 Å². The van der Waals surface area contributed by atoms with Crippen LogP contribution in [0.5, 0.6) is 0 Å². The van der Waals surface area contributed by atoms with Crippen LogP contribution in [-0.4, -0.2) is 53.0 Å². The van der Waals surface area contributed by atoms with E-state index in [4.69, 9.17) is 9.47 Å². The first-order valence-electron chi connectivity index (χ1n) is 15.6. The van der Waals surface area contributed by atoms with Crippen LogP contribution in [-0.2, 0) is 22.6 Å². The van der Waals surface area contributed by atoms with Crippen LogP contribution in [0.2, 0.25) is 0 Å². The predicted octanol–water partition coefficient (Wildman–Crippen LogP) is 5.61. The summed E-state index contributed by atoms with van der Waals surface area (Å²) in [5.41, 5.74) is 6.18. The van der Waals surface area contributed by atoms with Gasteiger partial charge in [0.15, 0.2) is 6.29 Å². The number of ether oxygens (including phenoxy) is 2. The molecule has 2 aromatic heterocycles. The maximum absolute atomic E-state index is 12.8. The Morgan fingerprint density at radius 1 is 0.875 bits per heavy atom. The van der Waals surface area contributed by atoms with Crippen LogP contribution in [0.4, 0.5) is 0 Å². The summed E-state index contributed by atoms with van der Waals surface area (Å²) in [6, 6.07) is 32.9. The van der Waals surface area contributed by atoms with Crippen LogP contribution < -0.4 is 5.32 Å². The number of amides is 1. The van der Waals surface area contributed by atoms with Gasteiger partial charge in [0.25, 0.3) is 5.91 Å². The quantitative estimate of drug-likeness (QED) is 0.179. The van der Waals surface area contributed by atoms with Gasteiger partial charge in [-0.05, 0) is 51.4 Å². The van der Waals surface area contributed by atoms with Crippen LogP contribution >= 0.6 is 11.8 Å². The second kappa shape index (κ2) is 14.4. The van der Waals surface area contributed by atoms with Gasteiger partial charge in [-0.15, -0.1) is 5.10 Å². The Morgan fingerprint density at radius 3 is 2.35 bits per heavy atom. The van der Waals surface area contributed by atoms with E-state index in [-0.39, 0.29) is 36.3 Å². The minimum Gasteiger partial charge on any atom is -0.392 e. The zero-order valence-corrected chi connectivity index (χ0v) is 26.9. The monoisotopic (exact) mass is 659 g/mol. The van der Waals surface area contributed by atoms with Crippen molar-refractivity contribution in [3.8, 4) is 5.69 Å². The topological polar surface area (TPSA) is 137 Å². The standard InChI is InChI=1S/C36H33N7O4S/c1-23-32(22-48-36-40-41-42-43(36)28-7-3-2-4-8-28)46-35(47-33(23)26-15-13-25(21-44)14-16-26)27-17-11-24(12-18-27)19-38-34(45)31-20-37-29-9-5-6-10-30(29)39-31/h2-18,20,23,32-33,35,44H,19,21-22H2,1H3,(H,38,45)/t23-,32+,33+,35+/m1/s1. The number of para-hydroxylation sites is 3. The maximum Gasteiger partial charge on any atom is 0.271 e. The van der Waals surface area contributed by atoms with Gasteiger partial charge in [-0.25, -0.2) is 4.98 Å². The van der Waals surface area contributed by atoms with Crippen molar-refractivity contribution in [2.24, 2.45) is 5.92 Å². The lowest BCUT2D eigenvalue weighted by molar-refractivity contribution is -0.268. The molecular weight excluding hydrogens is 627 g/mol. The van der Waals surface area contributed by atoms with Crippen molar-refractivity contribution >= 4 is 28.7 Å². The van der Waals surface area contributed by atoms with Gasteiger partial charge < -0.3 is 19.9 Å². The number of carbonyl (C=O) groups excluding carboxylic acids is 1. The number of tetrazole rings is 1. The van der Waals surface area contributed by atoms with Gasteiger partial charge in [0, 0.05) is 23.8 Å². The molecule has 0 unspecified atom stereocenters. The molecule has 0 saturated carbocycles. The van der Waals surface area contributed by atoms with E-state index < -0.39 is 6.29 Å². The third-order valence-electron chi connectivity index (χ3n) is 8.33. The third kappa shape index (κ3) is 6.97. The van der Waals surface area contributed by atoms with E-state index in [1.807, 2.05) is 103 Å². The molecule has 1 saturated heterocycles. The zero-order valence-electron chi connectivity index (χ0n) is 26.1. The highest BCUT2D eigenvalue weighted by Gasteiger charge is 2.38. The molecule has 3 heterocycles. The Balaban J connectivity index is 1.06. The number of hydrogen-bond acceptors (Lipinski definition) is 10. The molecule has 1 aliphatic rings. The molecule has 7 rings (SSSR count). The molecule has 1 aliphatic heterocycles. The highest BCUT2D eigenvalue weighted by Crippen LogP contribution is 2.43. The molecule has 1 fully saturated rings. The number of nitrogens with one attached hydrogen (secondary N) is 1. The number of aliphatic hydroxyl groups is 1. The van der Waals surface area contributed by atoms with Crippen LogP contribution in [0.3, 0.4) is 0 Å². The van der Waals surface area contributed by atoms with Crippen molar-refractivity contribution in [3.05, 3.63) is 137 Å². The van der Waals surface area contributed by atoms with Crippen LogP contribution in [0.1, 0.15) is 52.1 Å². The molecule has 4 aromatic carbocycles. The average Bonchev–Trinajstić information content (AvgIpc) is 3.62. The first kappa shape index (κ1) is 31.6. The summed E-state index contributed by atoms with van der Waals surface area (Å²) in [6.45, 7) is 2.43. The Morgan fingerprint density at radius 2 is 1.58 bits per heavy atom. The number of hydrogen-bond donors (Lipinski definition) is 2. The van der Waals surface area contributed by atoms with Crippen molar-refractivity contribution in [1.29, 1.82) is 0 Å². The minimum absolute atomic E-state index is 0.00229. The molecule has 0 radical (unpaired) electrons. The molecule has 0 bridgehead atoms. The molecule has 11 nitrogen and oxygen atoms in total. The molecule has 0 spiro atoms. The fourth-order valence-electron chi connectivity index (χ4n) is 5.60. The SMILES string of the molecule is C[C@@H]1[C@H](CSc2nnnn2-c2ccccc2)O[C@H](c2ccc(CNC(=O)c3cnc4ccccc4n3)cc2)O[C@@H]1c1ccc(CO)cc1. The van der Waals surface area contributed by atoms with E-state index >= 15 is 0 Å². The van der Waals surface area contributed by atoms with E-state index in [1.54, 1.807) is 4.68 Å². The third-order valence-corrected chi connectivity index (χ3v) is 9.34. The largest absolute Gasteiger partial charge is 0.392 e. The number of fused-ring (bicyclic) bond motifs is 1. The van der Waals surface area contributed by atoms with Gasteiger partial charge in [0.2, 0.25) is 5.16 Å². The summed E-state index contributed by atoms with van der Waals surface area (Å²) < 4.78 is 14.9. The molecule has 0 aliphatic carbocycles. The molecule has 12 heteroatoms. The molecule has 242 valence electrons. The van der Waals surface area contributed by atoms with E-state index in [9.17, 15) is 9.90 Å². The number of aliphatic hydroxyl groups excluding tert-OH is 1. The van der Waals surface area contributed by atoms with Crippen molar-refractivity contribution in [1.82, 2.24) is 35.5 Å². The average molecular weight is 660 g/mol. The van der Waals surface area contributed by atoms with Crippen LogP contribution in [0, 0.1) is 5.92 Å². The first-order valence-corrected chi connectivity index (χ1v) is 16.6. The van der Waals surface area contributed by atoms with Gasteiger partial charge in [-0.3, -0.25) is 9.78 Å². The summed E-state index contributed by atoms with van der Waals surface area (Å²) in [5, 5.41) is 25.5. The van der Waals surface area contributed by atoms with Gasteiger partial charge in [-0.2, -0.15) is 4.68 Å². The number of nitrogens with zero attached hydrogens (tertiary/aromatic N) is 6. The molecule has 6 aromatic rings. The number of aromatic nitrogens is 6. The number of carbonyl (C=O) groups is 1. The Kier molecular flexibility index (Phi) is 9.48. The zero-order chi connectivity index (χ0) is 32.9. The fraction of sp³-hybridized carbons (Fsp3) is 0.222. The summed E-state index contributed by atoms with van der Waals surface area (Å²) in [5.74, 6) is 0.308. The fourth-order valence-corrected chi connectivity index (χ4v) is 6.65. The number of rotatable bonds is 10. The van der Waals surface area contributed by atoms with Crippen LogP contribution in [0.25, 0.3) is 16.7 Å². The van der Waals surface area contributed by atoms with Crippen LogP contribution in [0.15, 0.2) is 114 Å². The molecule has 2 N–H and O–H groups in total. The second-order valence-corrected chi connectivity index (χ2v) is 12.5. The van der Waals surface area contributed by atoms with Crippen molar-refractivity contribution in [2.45, 2.75) is 43.7 Å². The normalized spacial score (nSPS) is 19.3. The van der Waals surface area contributed by atoms with Crippen molar-refractivity contribution in [2.75, 3.05) is 5.75 Å². The number of benzene rings is 4. The van der Waals surface area contributed by atoms with Gasteiger partial charge >= 0.3 is 0 Å². The lowest BCUT2D eigenvalue weighted by Crippen LogP contribution is -2.38. The molecule has 1 amide bonds. The lowest BCUT2D eigenvalue weighted by Gasteiger charge is -2.41. The van der Waals surface area contributed by atoms with Crippen molar-refractivity contribution < 1.29 is 19.4 Å². The first-order chi connectivity index (χ1) is 23.6. The minimum atomic E-state index is -0.629. The Hall–Kier alpha value is -5.01. The van der Waals surface area contributed by atoms with E-state index in [0.29, 0.717) is 23.0 Å². The summed E-state index contributed by atoms with van der Waals surface area (Å²) >= 11 is 1.53. The van der Waals surface area contributed by atoms with E-state index in [0.717, 1.165) is 33.5 Å².